The number of allylic oxidation sites excluding steroid dienone is 1. The summed E-state index contributed by atoms with van der Waals surface area (Å²) < 4.78 is 5.43. The highest BCUT2D eigenvalue weighted by atomic mass is 16.5. The van der Waals surface area contributed by atoms with Gasteiger partial charge in [0.15, 0.2) is 0 Å². The lowest BCUT2D eigenvalue weighted by molar-refractivity contribution is 0.130. The van der Waals surface area contributed by atoms with Gasteiger partial charge >= 0.3 is 0 Å². The van der Waals surface area contributed by atoms with Gasteiger partial charge in [0.05, 0.1) is 0 Å². The molecular formula is C14H28O. The molecule has 0 heterocycles. The van der Waals surface area contributed by atoms with E-state index in [9.17, 15) is 0 Å². The van der Waals surface area contributed by atoms with Crippen molar-refractivity contribution in [3.05, 3.63) is 12.7 Å². The van der Waals surface area contributed by atoms with Gasteiger partial charge in [0.2, 0.25) is 0 Å². The second-order valence-corrected chi connectivity index (χ2v) is 4.16. The van der Waals surface area contributed by atoms with Crippen molar-refractivity contribution in [1.82, 2.24) is 0 Å². The summed E-state index contributed by atoms with van der Waals surface area (Å²) in [5.74, 6) is 0. The van der Waals surface area contributed by atoms with Crippen LogP contribution in [0.1, 0.15) is 64.7 Å². The largest absolute Gasteiger partial charge is 0.381 e. The van der Waals surface area contributed by atoms with E-state index in [-0.39, 0.29) is 0 Å². The topological polar surface area (TPSA) is 9.23 Å². The minimum Gasteiger partial charge on any atom is -0.381 e. The molecule has 90 valence electrons. The van der Waals surface area contributed by atoms with Crippen molar-refractivity contribution >= 4 is 0 Å². The van der Waals surface area contributed by atoms with Gasteiger partial charge in [-0.1, -0.05) is 45.1 Å². The Morgan fingerprint density at radius 1 is 0.867 bits per heavy atom. The van der Waals surface area contributed by atoms with Crippen LogP contribution in [0.25, 0.3) is 0 Å². The summed E-state index contributed by atoms with van der Waals surface area (Å²) in [5.41, 5.74) is 0. The summed E-state index contributed by atoms with van der Waals surface area (Å²) in [5, 5.41) is 0. The molecule has 0 N–H and O–H groups in total. The Balaban J connectivity index is 2.83. The highest BCUT2D eigenvalue weighted by molar-refractivity contribution is 4.65. The summed E-state index contributed by atoms with van der Waals surface area (Å²) in [7, 11) is 0. The first-order valence-electron chi connectivity index (χ1n) is 6.60. The molecule has 0 saturated heterocycles. The zero-order valence-corrected chi connectivity index (χ0v) is 10.5. The van der Waals surface area contributed by atoms with E-state index in [1.807, 2.05) is 6.08 Å². The van der Waals surface area contributed by atoms with Crippen molar-refractivity contribution in [3.8, 4) is 0 Å². The van der Waals surface area contributed by atoms with Crippen LogP contribution >= 0.6 is 0 Å². The normalized spacial score (nSPS) is 10.5. The molecule has 0 unspecified atom stereocenters. The zero-order chi connectivity index (χ0) is 11.2. The summed E-state index contributed by atoms with van der Waals surface area (Å²) >= 11 is 0. The molecule has 0 amide bonds. The van der Waals surface area contributed by atoms with Crippen molar-refractivity contribution in [2.75, 3.05) is 13.2 Å². The maximum absolute atomic E-state index is 5.43. The summed E-state index contributed by atoms with van der Waals surface area (Å²) in [6, 6.07) is 0. The van der Waals surface area contributed by atoms with Crippen LogP contribution in [0.15, 0.2) is 12.7 Å². The third-order valence-electron chi connectivity index (χ3n) is 2.55. The average molecular weight is 212 g/mol. The standard InChI is InChI=1S/C14H28O/c1-3-5-6-7-8-9-10-11-12-14-15-13-4-2/h3H,1,4-14H2,2H3. The Morgan fingerprint density at radius 2 is 1.47 bits per heavy atom. The van der Waals surface area contributed by atoms with Crippen molar-refractivity contribution in [1.29, 1.82) is 0 Å². The molecule has 15 heavy (non-hydrogen) atoms. The highest BCUT2D eigenvalue weighted by Gasteiger charge is 1.91. The molecular weight excluding hydrogens is 184 g/mol. The van der Waals surface area contributed by atoms with Gasteiger partial charge in [0.25, 0.3) is 0 Å². The molecule has 0 bridgehead atoms. The van der Waals surface area contributed by atoms with Crippen LogP contribution in [0.3, 0.4) is 0 Å². The molecule has 0 aromatic heterocycles. The van der Waals surface area contributed by atoms with Crippen LogP contribution in [0, 0.1) is 0 Å². The third-order valence-corrected chi connectivity index (χ3v) is 2.55. The first kappa shape index (κ1) is 14.7. The Kier molecular flexibility index (Phi) is 13.4. The van der Waals surface area contributed by atoms with Crippen LogP contribution in [0.4, 0.5) is 0 Å². The molecule has 0 aromatic rings. The van der Waals surface area contributed by atoms with E-state index < -0.39 is 0 Å². The molecule has 0 radical (unpaired) electrons. The van der Waals surface area contributed by atoms with E-state index in [4.69, 9.17) is 4.74 Å². The fourth-order valence-electron chi connectivity index (χ4n) is 1.62. The predicted octanol–water partition coefficient (Wildman–Crippen LogP) is 4.72. The fourth-order valence-corrected chi connectivity index (χ4v) is 1.62. The van der Waals surface area contributed by atoms with Crippen molar-refractivity contribution in [2.24, 2.45) is 0 Å². The van der Waals surface area contributed by atoms with Crippen LogP contribution < -0.4 is 0 Å². The van der Waals surface area contributed by atoms with E-state index in [0.717, 1.165) is 19.6 Å². The van der Waals surface area contributed by atoms with E-state index in [1.54, 1.807) is 0 Å². The smallest absolute Gasteiger partial charge is 0.0466 e. The number of hydrogen-bond donors (Lipinski definition) is 0. The monoisotopic (exact) mass is 212 g/mol. The Labute approximate surface area is 95.9 Å². The molecule has 0 aliphatic heterocycles. The molecule has 0 spiro atoms. The maximum atomic E-state index is 5.43. The van der Waals surface area contributed by atoms with E-state index >= 15 is 0 Å². The minimum atomic E-state index is 0.932. The average Bonchev–Trinajstić information content (AvgIpc) is 2.26. The van der Waals surface area contributed by atoms with Gasteiger partial charge in [-0.05, 0) is 25.7 Å². The molecule has 0 aliphatic carbocycles. The van der Waals surface area contributed by atoms with Crippen LogP contribution in [-0.4, -0.2) is 13.2 Å². The molecule has 0 fully saturated rings. The van der Waals surface area contributed by atoms with Crippen molar-refractivity contribution in [2.45, 2.75) is 64.7 Å². The molecule has 0 atom stereocenters. The van der Waals surface area contributed by atoms with Crippen LogP contribution in [0.2, 0.25) is 0 Å². The Bertz CT molecular complexity index is 121. The van der Waals surface area contributed by atoms with Gasteiger partial charge in [-0.2, -0.15) is 0 Å². The van der Waals surface area contributed by atoms with Crippen LogP contribution in [0.5, 0.6) is 0 Å². The van der Waals surface area contributed by atoms with Gasteiger partial charge < -0.3 is 4.74 Å². The van der Waals surface area contributed by atoms with Crippen molar-refractivity contribution in [3.63, 3.8) is 0 Å². The summed E-state index contributed by atoms with van der Waals surface area (Å²) in [4.78, 5) is 0. The SMILES string of the molecule is C=CCCCCCCCCCOCCC. The molecule has 1 nitrogen and oxygen atoms in total. The van der Waals surface area contributed by atoms with Gasteiger partial charge in [-0.15, -0.1) is 6.58 Å². The molecule has 0 saturated carbocycles. The number of rotatable bonds is 12. The highest BCUT2D eigenvalue weighted by Crippen LogP contribution is 2.08. The molecule has 1 heteroatoms. The second kappa shape index (κ2) is 13.7. The Morgan fingerprint density at radius 3 is 2.07 bits per heavy atom. The van der Waals surface area contributed by atoms with Crippen LogP contribution in [-0.2, 0) is 4.74 Å². The van der Waals surface area contributed by atoms with Gasteiger partial charge in [0, 0.05) is 13.2 Å². The lowest BCUT2D eigenvalue weighted by Crippen LogP contribution is -1.95. The van der Waals surface area contributed by atoms with E-state index in [2.05, 4.69) is 13.5 Å². The van der Waals surface area contributed by atoms with Gasteiger partial charge in [-0.25, -0.2) is 0 Å². The maximum Gasteiger partial charge on any atom is 0.0466 e. The Hall–Kier alpha value is -0.300. The zero-order valence-electron chi connectivity index (χ0n) is 10.5. The molecule has 0 aromatic carbocycles. The fraction of sp³-hybridized carbons (Fsp3) is 0.857. The van der Waals surface area contributed by atoms with Crippen molar-refractivity contribution < 1.29 is 4.74 Å². The summed E-state index contributed by atoms with van der Waals surface area (Å²) in [6.07, 6.45) is 13.8. The summed E-state index contributed by atoms with van der Waals surface area (Å²) in [6.45, 7) is 7.78. The van der Waals surface area contributed by atoms with E-state index in [0.29, 0.717) is 0 Å². The van der Waals surface area contributed by atoms with E-state index in [1.165, 1.54) is 51.4 Å². The number of hydrogen-bond acceptors (Lipinski definition) is 1. The quantitative estimate of drug-likeness (QED) is 0.336. The number of ether oxygens (including phenoxy) is 1. The first-order valence-corrected chi connectivity index (χ1v) is 6.60. The lowest BCUT2D eigenvalue weighted by atomic mass is 10.1. The predicted molar refractivity (Wildman–Crippen MR) is 68.2 cm³/mol. The van der Waals surface area contributed by atoms with Gasteiger partial charge in [-0.3, -0.25) is 0 Å². The molecule has 0 rings (SSSR count). The third kappa shape index (κ3) is 13.7. The van der Waals surface area contributed by atoms with Gasteiger partial charge in [0.1, 0.15) is 0 Å². The first-order chi connectivity index (χ1) is 7.41. The second-order valence-electron chi connectivity index (χ2n) is 4.16. The lowest BCUT2D eigenvalue weighted by Gasteiger charge is -2.02. The minimum absolute atomic E-state index is 0.932. The number of unbranched alkanes of at least 4 members (excludes halogenated alkanes) is 7. The molecule has 0 aliphatic rings.